The van der Waals surface area contributed by atoms with Gasteiger partial charge in [-0.25, -0.2) is 0 Å². The standard InChI is InChI=1S/C19H29N3O3.HI/c1-20-18(22-10-7-19(13-22)8-11-25-14-19)21-9-6-15-12-16(23-2)4-5-17(15)24-3;/h4-5,12H,6-11,13-14H2,1-3H3,(H,20,21);1H. The van der Waals surface area contributed by atoms with Gasteiger partial charge in [0.1, 0.15) is 11.5 Å². The largest absolute Gasteiger partial charge is 0.497 e. The van der Waals surface area contributed by atoms with Crippen LogP contribution in [0.5, 0.6) is 11.5 Å². The van der Waals surface area contributed by atoms with E-state index in [0.717, 1.165) is 62.3 Å². The van der Waals surface area contributed by atoms with Gasteiger partial charge in [0.05, 0.1) is 20.8 Å². The molecule has 6 nitrogen and oxygen atoms in total. The van der Waals surface area contributed by atoms with Gasteiger partial charge in [-0.15, -0.1) is 24.0 Å². The van der Waals surface area contributed by atoms with E-state index in [1.807, 2.05) is 25.2 Å². The van der Waals surface area contributed by atoms with E-state index in [1.165, 1.54) is 12.8 Å². The van der Waals surface area contributed by atoms with Gasteiger partial charge >= 0.3 is 0 Å². The van der Waals surface area contributed by atoms with Gasteiger partial charge in [-0.3, -0.25) is 4.99 Å². The third kappa shape index (κ3) is 4.73. The van der Waals surface area contributed by atoms with Crippen LogP contribution in [0.4, 0.5) is 0 Å². The molecule has 2 heterocycles. The average molecular weight is 475 g/mol. The molecule has 7 heteroatoms. The van der Waals surface area contributed by atoms with Crippen LogP contribution in [0, 0.1) is 5.41 Å². The Balaban J connectivity index is 0.00000243. The van der Waals surface area contributed by atoms with E-state index in [2.05, 4.69) is 15.2 Å². The molecule has 1 atom stereocenters. The van der Waals surface area contributed by atoms with Crippen molar-refractivity contribution in [1.82, 2.24) is 10.2 Å². The number of nitrogens with zero attached hydrogens (tertiary/aromatic N) is 2. The monoisotopic (exact) mass is 475 g/mol. The number of likely N-dealkylation sites (tertiary alicyclic amines) is 1. The van der Waals surface area contributed by atoms with E-state index in [0.29, 0.717) is 5.41 Å². The molecule has 2 fully saturated rings. The van der Waals surface area contributed by atoms with Crippen molar-refractivity contribution < 1.29 is 14.2 Å². The summed E-state index contributed by atoms with van der Waals surface area (Å²) in [5.74, 6) is 2.72. The van der Waals surface area contributed by atoms with Gasteiger partial charge in [0, 0.05) is 38.7 Å². The normalized spacial score (nSPS) is 22.4. The Morgan fingerprint density at radius 2 is 2.15 bits per heavy atom. The van der Waals surface area contributed by atoms with Crippen LogP contribution in [0.2, 0.25) is 0 Å². The van der Waals surface area contributed by atoms with Crippen LogP contribution in [0.1, 0.15) is 18.4 Å². The first-order valence-electron chi connectivity index (χ1n) is 8.94. The summed E-state index contributed by atoms with van der Waals surface area (Å²) >= 11 is 0. The van der Waals surface area contributed by atoms with E-state index >= 15 is 0 Å². The number of methoxy groups -OCH3 is 2. The molecule has 1 aromatic rings. The molecule has 1 N–H and O–H groups in total. The lowest BCUT2D eigenvalue weighted by molar-refractivity contribution is 0.156. The summed E-state index contributed by atoms with van der Waals surface area (Å²) in [5.41, 5.74) is 1.47. The maximum Gasteiger partial charge on any atom is 0.193 e. The number of hydrogen-bond acceptors (Lipinski definition) is 4. The molecule has 0 saturated carbocycles. The third-order valence-electron chi connectivity index (χ3n) is 5.30. The summed E-state index contributed by atoms with van der Waals surface area (Å²) < 4.78 is 16.4. The summed E-state index contributed by atoms with van der Waals surface area (Å²) in [6, 6.07) is 5.90. The number of ether oxygens (including phenoxy) is 3. The van der Waals surface area contributed by atoms with Crippen molar-refractivity contribution in [1.29, 1.82) is 0 Å². The fourth-order valence-corrected chi connectivity index (χ4v) is 3.81. The van der Waals surface area contributed by atoms with E-state index in [1.54, 1.807) is 14.2 Å². The van der Waals surface area contributed by atoms with Gasteiger partial charge in [-0.1, -0.05) is 0 Å². The average Bonchev–Trinajstić information content (AvgIpc) is 3.28. The quantitative estimate of drug-likeness (QED) is 0.403. The Morgan fingerprint density at radius 3 is 2.81 bits per heavy atom. The molecule has 0 aliphatic carbocycles. The highest BCUT2D eigenvalue weighted by atomic mass is 127. The van der Waals surface area contributed by atoms with Gasteiger partial charge in [0.2, 0.25) is 0 Å². The van der Waals surface area contributed by atoms with Crippen molar-refractivity contribution in [2.45, 2.75) is 19.3 Å². The van der Waals surface area contributed by atoms with E-state index < -0.39 is 0 Å². The fourth-order valence-electron chi connectivity index (χ4n) is 3.81. The number of benzene rings is 1. The van der Waals surface area contributed by atoms with Gasteiger partial charge in [-0.05, 0) is 43.0 Å². The van der Waals surface area contributed by atoms with Crippen LogP contribution in [-0.2, 0) is 11.2 Å². The molecule has 2 aliphatic heterocycles. The molecule has 0 bridgehead atoms. The zero-order valence-electron chi connectivity index (χ0n) is 15.9. The summed E-state index contributed by atoms with van der Waals surface area (Å²) in [4.78, 5) is 6.83. The van der Waals surface area contributed by atoms with Crippen LogP contribution >= 0.6 is 24.0 Å². The molecule has 1 spiro atoms. The van der Waals surface area contributed by atoms with Gasteiger partial charge in [0.15, 0.2) is 5.96 Å². The molecule has 0 amide bonds. The highest BCUT2D eigenvalue weighted by molar-refractivity contribution is 14.0. The van der Waals surface area contributed by atoms with Gasteiger partial charge in [-0.2, -0.15) is 0 Å². The Kier molecular flexibility index (Phi) is 7.82. The highest BCUT2D eigenvalue weighted by Crippen LogP contribution is 2.38. The number of rotatable bonds is 5. The predicted molar refractivity (Wildman–Crippen MR) is 114 cm³/mol. The van der Waals surface area contributed by atoms with Crippen LogP contribution in [-0.4, -0.2) is 65.0 Å². The van der Waals surface area contributed by atoms with Crippen molar-refractivity contribution in [2.24, 2.45) is 10.4 Å². The molecule has 1 unspecified atom stereocenters. The lowest BCUT2D eigenvalue weighted by Crippen LogP contribution is -2.42. The number of hydrogen-bond donors (Lipinski definition) is 1. The van der Waals surface area contributed by atoms with Crippen LogP contribution in [0.25, 0.3) is 0 Å². The lowest BCUT2D eigenvalue weighted by Gasteiger charge is -2.25. The molecule has 146 valence electrons. The van der Waals surface area contributed by atoms with E-state index in [4.69, 9.17) is 14.2 Å². The summed E-state index contributed by atoms with van der Waals surface area (Å²) in [5, 5.41) is 3.49. The van der Waals surface area contributed by atoms with Crippen LogP contribution in [0.15, 0.2) is 23.2 Å². The smallest absolute Gasteiger partial charge is 0.193 e. The zero-order chi connectivity index (χ0) is 17.7. The summed E-state index contributed by atoms with van der Waals surface area (Å²) in [6.45, 7) is 4.67. The maximum atomic E-state index is 5.62. The van der Waals surface area contributed by atoms with Crippen LogP contribution in [0.3, 0.4) is 0 Å². The predicted octanol–water partition coefficient (Wildman–Crippen LogP) is 2.55. The number of aliphatic imine (C=N–C) groups is 1. The second-order valence-electron chi connectivity index (χ2n) is 6.88. The topological polar surface area (TPSA) is 55.3 Å². The van der Waals surface area contributed by atoms with Crippen molar-refractivity contribution in [3.05, 3.63) is 23.8 Å². The number of nitrogens with one attached hydrogen (secondary N) is 1. The number of guanidine groups is 1. The highest BCUT2D eigenvalue weighted by Gasteiger charge is 2.42. The minimum Gasteiger partial charge on any atom is -0.497 e. The molecular formula is C19H30IN3O3. The van der Waals surface area contributed by atoms with Crippen molar-refractivity contribution in [3.63, 3.8) is 0 Å². The maximum absolute atomic E-state index is 5.62. The van der Waals surface area contributed by atoms with E-state index in [9.17, 15) is 0 Å². The van der Waals surface area contributed by atoms with Gasteiger partial charge in [0.25, 0.3) is 0 Å². The molecule has 0 aromatic heterocycles. The Morgan fingerprint density at radius 1 is 1.31 bits per heavy atom. The minimum atomic E-state index is 0. The zero-order valence-corrected chi connectivity index (χ0v) is 18.2. The Bertz CT molecular complexity index is 618. The first kappa shape index (κ1) is 21.1. The molecular weight excluding hydrogens is 445 g/mol. The first-order chi connectivity index (χ1) is 12.2. The molecule has 3 rings (SSSR count). The fraction of sp³-hybridized carbons (Fsp3) is 0.632. The van der Waals surface area contributed by atoms with Crippen molar-refractivity contribution >= 4 is 29.9 Å². The van der Waals surface area contributed by atoms with Crippen molar-refractivity contribution in [3.8, 4) is 11.5 Å². The Labute approximate surface area is 173 Å². The van der Waals surface area contributed by atoms with E-state index in [-0.39, 0.29) is 24.0 Å². The summed E-state index contributed by atoms with van der Waals surface area (Å²) in [7, 11) is 5.23. The minimum absolute atomic E-state index is 0. The first-order valence-corrected chi connectivity index (χ1v) is 8.94. The molecule has 0 radical (unpaired) electrons. The molecule has 2 aliphatic rings. The molecule has 2 saturated heterocycles. The molecule has 1 aromatic carbocycles. The SMILES string of the molecule is CN=C(NCCc1cc(OC)ccc1OC)N1CCC2(CCOC2)C1.I. The molecule has 26 heavy (non-hydrogen) atoms. The van der Waals surface area contributed by atoms with Crippen LogP contribution < -0.4 is 14.8 Å². The summed E-state index contributed by atoms with van der Waals surface area (Å²) in [6.07, 6.45) is 3.21. The second-order valence-corrected chi connectivity index (χ2v) is 6.88. The van der Waals surface area contributed by atoms with Gasteiger partial charge < -0.3 is 24.4 Å². The second kappa shape index (κ2) is 9.64. The van der Waals surface area contributed by atoms with Crippen molar-refractivity contribution in [2.75, 3.05) is 54.1 Å². The number of halogens is 1. The lowest BCUT2D eigenvalue weighted by atomic mass is 9.87. The third-order valence-corrected chi connectivity index (χ3v) is 5.30. The Hall–Kier alpha value is -1.22.